The second kappa shape index (κ2) is 9.29. The third kappa shape index (κ3) is 4.37. The Hall–Kier alpha value is -3.73. The van der Waals surface area contributed by atoms with Gasteiger partial charge in [-0.3, -0.25) is 14.6 Å². The van der Waals surface area contributed by atoms with Crippen molar-refractivity contribution in [1.29, 1.82) is 5.26 Å². The molecule has 0 bridgehead atoms. The fourth-order valence-electron chi connectivity index (χ4n) is 5.78. The molecule has 2 aliphatic carbocycles. The Labute approximate surface area is 217 Å². The van der Waals surface area contributed by atoms with Crippen LogP contribution in [0.15, 0.2) is 24.9 Å². The quantitative estimate of drug-likeness (QED) is 0.545. The molecule has 0 aromatic carbocycles. The number of piperazine rings is 1. The molecule has 6 rings (SSSR count). The van der Waals surface area contributed by atoms with Gasteiger partial charge in [0, 0.05) is 50.3 Å². The summed E-state index contributed by atoms with van der Waals surface area (Å²) in [6.45, 7) is 8.63. The molecule has 0 spiro atoms. The van der Waals surface area contributed by atoms with Gasteiger partial charge in [0.1, 0.15) is 11.9 Å². The third-order valence-electron chi connectivity index (χ3n) is 8.29. The van der Waals surface area contributed by atoms with E-state index < -0.39 is 0 Å². The summed E-state index contributed by atoms with van der Waals surface area (Å²) < 4.78 is 0. The van der Waals surface area contributed by atoms with Crippen molar-refractivity contribution in [1.82, 2.24) is 19.8 Å². The molecule has 4 fully saturated rings. The lowest BCUT2D eigenvalue weighted by Crippen LogP contribution is -2.59. The first kappa shape index (κ1) is 23.7. The summed E-state index contributed by atoms with van der Waals surface area (Å²) in [4.78, 5) is 40.3. The minimum absolute atomic E-state index is 0.0407. The molecule has 0 radical (unpaired) electrons. The van der Waals surface area contributed by atoms with Gasteiger partial charge in [-0.15, -0.1) is 0 Å². The van der Waals surface area contributed by atoms with Gasteiger partial charge in [-0.2, -0.15) is 5.26 Å². The largest absolute Gasteiger partial charge is 0.352 e. The predicted octanol–water partition coefficient (Wildman–Crippen LogP) is 3.50. The standard InChI is InChI=1S/C29H32N6O2/c1-3-22-14-21(8-10-31-22)27-18(2)23(15-30)29(32-28(27)20-6-7-20)34-12-13-35(24(16-34)19-4-5-19)26(37)17-33-11-9-25(33)36/h3,8,10,14,19-20,24H,1,4-7,9,11-13,16-17H2,2H3/t24-/m0/s1. The van der Waals surface area contributed by atoms with Crippen molar-refractivity contribution in [3.05, 3.63) is 47.4 Å². The minimum atomic E-state index is 0.0407. The first-order valence-corrected chi connectivity index (χ1v) is 13.3. The molecule has 4 aliphatic rings. The number of rotatable bonds is 7. The average molecular weight is 497 g/mol. The number of anilines is 1. The van der Waals surface area contributed by atoms with Crippen molar-refractivity contribution < 1.29 is 9.59 Å². The summed E-state index contributed by atoms with van der Waals surface area (Å²) in [5, 5.41) is 10.3. The summed E-state index contributed by atoms with van der Waals surface area (Å²) in [5.74, 6) is 1.73. The summed E-state index contributed by atoms with van der Waals surface area (Å²) >= 11 is 0. The van der Waals surface area contributed by atoms with Crippen molar-refractivity contribution in [2.45, 2.75) is 51.0 Å². The lowest BCUT2D eigenvalue weighted by molar-refractivity contribution is -0.148. The molecule has 4 heterocycles. The van der Waals surface area contributed by atoms with Gasteiger partial charge in [0.15, 0.2) is 0 Å². The highest BCUT2D eigenvalue weighted by Crippen LogP contribution is 2.47. The van der Waals surface area contributed by atoms with Crippen LogP contribution < -0.4 is 4.90 Å². The summed E-state index contributed by atoms with van der Waals surface area (Å²) in [5.41, 5.74) is 5.48. The number of carbonyl (C=O) groups excluding carboxylic acids is 2. The molecular formula is C29H32N6O2. The molecule has 37 heavy (non-hydrogen) atoms. The molecule has 190 valence electrons. The van der Waals surface area contributed by atoms with Crippen molar-refractivity contribution in [3.63, 3.8) is 0 Å². The number of hydrogen-bond acceptors (Lipinski definition) is 6. The molecule has 2 saturated carbocycles. The molecular weight excluding hydrogens is 464 g/mol. The van der Waals surface area contributed by atoms with Gasteiger partial charge in [-0.25, -0.2) is 4.98 Å². The molecule has 2 amide bonds. The zero-order valence-electron chi connectivity index (χ0n) is 21.3. The van der Waals surface area contributed by atoms with Crippen molar-refractivity contribution in [2.75, 3.05) is 37.6 Å². The smallest absolute Gasteiger partial charge is 0.242 e. The Bertz CT molecular complexity index is 1320. The molecule has 0 unspecified atom stereocenters. The predicted molar refractivity (Wildman–Crippen MR) is 141 cm³/mol. The zero-order chi connectivity index (χ0) is 25.7. The van der Waals surface area contributed by atoms with Crippen LogP contribution in [0.5, 0.6) is 0 Å². The van der Waals surface area contributed by atoms with E-state index in [0.717, 1.165) is 59.6 Å². The second-order valence-corrected chi connectivity index (χ2v) is 10.8. The Kier molecular flexibility index (Phi) is 5.94. The summed E-state index contributed by atoms with van der Waals surface area (Å²) in [7, 11) is 0. The molecule has 8 heteroatoms. The maximum Gasteiger partial charge on any atom is 0.242 e. The lowest BCUT2D eigenvalue weighted by Gasteiger charge is -2.44. The van der Waals surface area contributed by atoms with Gasteiger partial charge < -0.3 is 14.7 Å². The van der Waals surface area contributed by atoms with Crippen LogP contribution in [0.1, 0.15) is 60.5 Å². The van der Waals surface area contributed by atoms with Crippen LogP contribution in [-0.4, -0.2) is 70.3 Å². The molecule has 1 atom stereocenters. The second-order valence-electron chi connectivity index (χ2n) is 10.8. The van der Waals surface area contributed by atoms with Crippen LogP contribution in [-0.2, 0) is 9.59 Å². The topological polar surface area (TPSA) is 93.4 Å². The number of likely N-dealkylation sites (tertiary alicyclic amines) is 1. The lowest BCUT2D eigenvalue weighted by atomic mass is 9.93. The molecule has 0 N–H and O–H groups in total. The van der Waals surface area contributed by atoms with Crippen LogP contribution in [0.2, 0.25) is 0 Å². The number of aromatic nitrogens is 2. The van der Waals surface area contributed by atoms with Crippen molar-refractivity contribution >= 4 is 23.7 Å². The summed E-state index contributed by atoms with van der Waals surface area (Å²) in [6.07, 6.45) is 8.50. The molecule has 2 saturated heterocycles. The van der Waals surface area contributed by atoms with Gasteiger partial charge in [0.2, 0.25) is 11.8 Å². The highest BCUT2D eigenvalue weighted by molar-refractivity contribution is 5.88. The average Bonchev–Trinajstić information content (AvgIpc) is 3.83. The van der Waals surface area contributed by atoms with Gasteiger partial charge in [0.25, 0.3) is 0 Å². The first-order chi connectivity index (χ1) is 18.0. The number of nitriles is 1. The Morgan fingerprint density at radius 3 is 2.68 bits per heavy atom. The van der Waals surface area contributed by atoms with E-state index >= 15 is 0 Å². The Balaban J connectivity index is 1.33. The molecule has 8 nitrogen and oxygen atoms in total. The highest BCUT2D eigenvalue weighted by atomic mass is 16.2. The fraction of sp³-hybridized carbons (Fsp3) is 0.483. The normalized spacial score (nSPS) is 21.5. The number of hydrogen-bond donors (Lipinski definition) is 0. The van der Waals surface area contributed by atoms with E-state index in [9.17, 15) is 14.9 Å². The monoisotopic (exact) mass is 496 g/mol. The highest BCUT2D eigenvalue weighted by Gasteiger charge is 2.43. The molecule has 2 aromatic rings. The van der Waals surface area contributed by atoms with E-state index in [1.807, 2.05) is 24.0 Å². The molecule has 2 aromatic heterocycles. The maximum absolute atomic E-state index is 13.1. The number of amides is 2. The maximum atomic E-state index is 13.1. The van der Waals surface area contributed by atoms with E-state index in [4.69, 9.17) is 4.98 Å². The number of nitrogens with zero attached hydrogens (tertiary/aromatic N) is 6. The van der Waals surface area contributed by atoms with Crippen LogP contribution >= 0.6 is 0 Å². The van der Waals surface area contributed by atoms with Gasteiger partial charge in [-0.1, -0.05) is 6.58 Å². The van der Waals surface area contributed by atoms with Crippen LogP contribution in [0.3, 0.4) is 0 Å². The third-order valence-corrected chi connectivity index (χ3v) is 8.29. The Morgan fingerprint density at radius 1 is 1.24 bits per heavy atom. The van der Waals surface area contributed by atoms with Crippen molar-refractivity contribution in [3.8, 4) is 17.2 Å². The zero-order valence-corrected chi connectivity index (χ0v) is 21.3. The SMILES string of the molecule is C=Cc1cc(-c2c(C3CC3)nc(N3CCN(C(=O)CN4CCC4=O)[C@H](C4CC4)C3)c(C#N)c2C)ccn1. The number of β-lactam (4-membered cyclic amide) rings is 1. The fourth-order valence-corrected chi connectivity index (χ4v) is 5.78. The van der Waals surface area contributed by atoms with Crippen molar-refractivity contribution in [2.24, 2.45) is 5.92 Å². The minimum Gasteiger partial charge on any atom is -0.352 e. The van der Waals surface area contributed by atoms with E-state index in [1.165, 1.54) is 0 Å². The summed E-state index contributed by atoms with van der Waals surface area (Å²) in [6, 6.07) is 6.55. The van der Waals surface area contributed by atoms with E-state index in [-0.39, 0.29) is 24.4 Å². The van der Waals surface area contributed by atoms with Gasteiger partial charge >= 0.3 is 0 Å². The van der Waals surface area contributed by atoms with Gasteiger partial charge in [0.05, 0.1) is 29.5 Å². The van der Waals surface area contributed by atoms with E-state index in [2.05, 4.69) is 22.5 Å². The van der Waals surface area contributed by atoms with E-state index in [1.54, 1.807) is 17.2 Å². The first-order valence-electron chi connectivity index (χ1n) is 13.3. The number of carbonyl (C=O) groups is 2. The van der Waals surface area contributed by atoms with E-state index in [0.29, 0.717) is 50.0 Å². The number of pyridine rings is 2. The van der Waals surface area contributed by atoms with Crippen LogP contribution in [0.4, 0.5) is 5.82 Å². The van der Waals surface area contributed by atoms with Crippen LogP contribution in [0.25, 0.3) is 17.2 Å². The van der Waals surface area contributed by atoms with Gasteiger partial charge in [-0.05, 0) is 67.9 Å². The Morgan fingerprint density at radius 2 is 2.05 bits per heavy atom. The molecule has 2 aliphatic heterocycles. The van der Waals surface area contributed by atoms with Crippen LogP contribution in [0, 0.1) is 24.2 Å².